The van der Waals surface area contributed by atoms with E-state index in [2.05, 4.69) is 30.8 Å². The predicted octanol–water partition coefficient (Wildman–Crippen LogP) is 2.36. The molecule has 0 radical (unpaired) electrons. The van der Waals surface area contributed by atoms with E-state index in [9.17, 15) is 9.59 Å². The summed E-state index contributed by atoms with van der Waals surface area (Å²) in [4.78, 5) is 34.4. The molecule has 0 saturated heterocycles. The van der Waals surface area contributed by atoms with Crippen molar-refractivity contribution in [3.63, 3.8) is 0 Å². The van der Waals surface area contributed by atoms with Crippen LogP contribution in [-0.4, -0.2) is 53.9 Å². The Hall–Kier alpha value is -3.00. The van der Waals surface area contributed by atoms with E-state index in [1.165, 1.54) is 6.92 Å². The zero-order valence-corrected chi connectivity index (χ0v) is 16.2. The quantitative estimate of drug-likeness (QED) is 0.617. The molecule has 0 aliphatic rings. The van der Waals surface area contributed by atoms with Crippen LogP contribution in [0.25, 0.3) is 0 Å². The van der Waals surface area contributed by atoms with E-state index in [1.54, 1.807) is 30.3 Å². The highest BCUT2D eigenvalue weighted by atomic mass is 16.2. The van der Waals surface area contributed by atoms with Crippen LogP contribution in [0.15, 0.2) is 30.3 Å². The van der Waals surface area contributed by atoms with Gasteiger partial charge in [0.05, 0.1) is 0 Å². The van der Waals surface area contributed by atoms with Crippen LogP contribution in [0, 0.1) is 6.92 Å². The maximum Gasteiger partial charge on any atom is 0.274 e. The fraction of sp³-hybridized carbons (Fsp3) is 0.368. The first kappa shape index (κ1) is 20.3. The smallest absolute Gasteiger partial charge is 0.274 e. The molecule has 0 saturated carbocycles. The summed E-state index contributed by atoms with van der Waals surface area (Å²) in [5.74, 6) is -0.0717. The molecule has 1 heterocycles. The molecule has 0 bridgehead atoms. The third kappa shape index (κ3) is 7.02. The van der Waals surface area contributed by atoms with Gasteiger partial charge in [-0.05, 0) is 58.3 Å². The molecule has 1 aromatic carbocycles. The van der Waals surface area contributed by atoms with Gasteiger partial charge in [0.25, 0.3) is 5.91 Å². The van der Waals surface area contributed by atoms with Crippen molar-refractivity contribution in [3.05, 3.63) is 41.7 Å². The Labute approximate surface area is 159 Å². The van der Waals surface area contributed by atoms with Crippen molar-refractivity contribution in [1.29, 1.82) is 0 Å². The normalized spacial score (nSPS) is 10.6. The van der Waals surface area contributed by atoms with Gasteiger partial charge in [-0.25, -0.2) is 9.97 Å². The summed E-state index contributed by atoms with van der Waals surface area (Å²) in [6.45, 7) is 4.93. The van der Waals surface area contributed by atoms with Crippen molar-refractivity contribution in [2.24, 2.45) is 0 Å². The number of amides is 2. The minimum Gasteiger partial charge on any atom is -0.354 e. The third-order valence-electron chi connectivity index (χ3n) is 3.59. The van der Waals surface area contributed by atoms with E-state index in [0.29, 0.717) is 23.0 Å². The van der Waals surface area contributed by atoms with Gasteiger partial charge in [0.1, 0.15) is 5.69 Å². The fourth-order valence-electron chi connectivity index (χ4n) is 2.43. The van der Waals surface area contributed by atoms with E-state index < -0.39 is 0 Å². The van der Waals surface area contributed by atoms with Gasteiger partial charge in [0.15, 0.2) is 0 Å². The highest BCUT2D eigenvalue weighted by molar-refractivity contribution is 6.03. The number of carbonyl (C=O) groups is 2. The van der Waals surface area contributed by atoms with Gasteiger partial charge in [0.2, 0.25) is 11.9 Å². The third-order valence-corrected chi connectivity index (χ3v) is 3.59. The number of nitrogens with zero attached hydrogens (tertiary/aromatic N) is 3. The van der Waals surface area contributed by atoms with Crippen molar-refractivity contribution in [2.45, 2.75) is 20.3 Å². The summed E-state index contributed by atoms with van der Waals surface area (Å²) in [6, 6.07) is 8.58. The summed E-state index contributed by atoms with van der Waals surface area (Å²) in [7, 11) is 4.04. The van der Waals surface area contributed by atoms with E-state index in [0.717, 1.165) is 19.5 Å². The Bertz CT molecular complexity index is 807. The van der Waals surface area contributed by atoms with E-state index in [1.807, 2.05) is 21.0 Å². The molecule has 0 spiro atoms. The number of hydrogen-bond donors (Lipinski definition) is 3. The van der Waals surface area contributed by atoms with Gasteiger partial charge in [0, 0.05) is 30.5 Å². The second kappa shape index (κ2) is 9.63. The lowest BCUT2D eigenvalue weighted by atomic mass is 10.2. The molecule has 8 heteroatoms. The zero-order valence-electron chi connectivity index (χ0n) is 16.2. The predicted molar refractivity (Wildman–Crippen MR) is 107 cm³/mol. The molecule has 0 aliphatic heterocycles. The summed E-state index contributed by atoms with van der Waals surface area (Å²) in [5.41, 5.74) is 2.17. The SMILES string of the molecule is CC(=O)Nc1cccc(NC(=O)c2cc(C)nc(NCCCN(C)C)n2)c1. The molecule has 2 rings (SSSR count). The van der Waals surface area contributed by atoms with Crippen LogP contribution in [-0.2, 0) is 4.79 Å². The van der Waals surface area contributed by atoms with E-state index >= 15 is 0 Å². The van der Waals surface area contributed by atoms with Gasteiger partial charge in [-0.2, -0.15) is 0 Å². The van der Waals surface area contributed by atoms with Crippen molar-refractivity contribution < 1.29 is 9.59 Å². The van der Waals surface area contributed by atoms with Gasteiger partial charge in [-0.3, -0.25) is 9.59 Å². The average Bonchev–Trinajstić information content (AvgIpc) is 2.58. The maximum absolute atomic E-state index is 12.5. The van der Waals surface area contributed by atoms with Crippen LogP contribution in [0.2, 0.25) is 0 Å². The van der Waals surface area contributed by atoms with Crippen molar-refractivity contribution in [3.8, 4) is 0 Å². The summed E-state index contributed by atoms with van der Waals surface area (Å²) < 4.78 is 0. The first-order valence-corrected chi connectivity index (χ1v) is 8.77. The van der Waals surface area contributed by atoms with Crippen molar-refractivity contribution in [1.82, 2.24) is 14.9 Å². The molecule has 0 atom stereocenters. The first-order valence-electron chi connectivity index (χ1n) is 8.77. The Morgan fingerprint density at radius 1 is 1.07 bits per heavy atom. The molecule has 0 aliphatic carbocycles. The first-order chi connectivity index (χ1) is 12.8. The van der Waals surface area contributed by atoms with Gasteiger partial charge < -0.3 is 20.9 Å². The lowest BCUT2D eigenvalue weighted by Crippen LogP contribution is -2.19. The van der Waals surface area contributed by atoms with Gasteiger partial charge in [-0.1, -0.05) is 6.07 Å². The second-order valence-corrected chi connectivity index (χ2v) is 6.52. The van der Waals surface area contributed by atoms with Crippen LogP contribution in [0.3, 0.4) is 0 Å². The summed E-state index contributed by atoms with van der Waals surface area (Å²) in [5, 5.41) is 8.63. The molecule has 1 aromatic heterocycles. The molecule has 2 aromatic rings. The minimum absolute atomic E-state index is 0.171. The largest absolute Gasteiger partial charge is 0.354 e. The molecule has 0 fully saturated rings. The van der Waals surface area contributed by atoms with Crippen LogP contribution in [0.4, 0.5) is 17.3 Å². The Morgan fingerprint density at radius 3 is 2.44 bits per heavy atom. The van der Waals surface area contributed by atoms with Crippen LogP contribution < -0.4 is 16.0 Å². The Balaban J connectivity index is 2.04. The Kier molecular flexibility index (Phi) is 7.25. The summed E-state index contributed by atoms with van der Waals surface area (Å²) in [6.07, 6.45) is 0.946. The number of aryl methyl sites for hydroxylation is 1. The van der Waals surface area contributed by atoms with Gasteiger partial charge >= 0.3 is 0 Å². The number of hydrogen-bond acceptors (Lipinski definition) is 6. The molecule has 2 amide bonds. The number of rotatable bonds is 8. The monoisotopic (exact) mass is 370 g/mol. The summed E-state index contributed by atoms with van der Waals surface area (Å²) >= 11 is 0. The van der Waals surface area contributed by atoms with Gasteiger partial charge in [-0.15, -0.1) is 0 Å². The van der Waals surface area contributed by atoms with Crippen LogP contribution >= 0.6 is 0 Å². The number of benzene rings is 1. The molecule has 144 valence electrons. The molecular weight excluding hydrogens is 344 g/mol. The van der Waals surface area contributed by atoms with Crippen LogP contribution in [0.1, 0.15) is 29.5 Å². The molecular formula is C19H26N6O2. The molecule has 0 unspecified atom stereocenters. The second-order valence-electron chi connectivity index (χ2n) is 6.52. The standard InChI is InChI=1S/C19H26N6O2/c1-13-11-17(24-19(21-13)20-9-6-10-25(3)4)18(27)23-16-8-5-7-15(12-16)22-14(2)26/h5,7-8,11-12H,6,9-10H2,1-4H3,(H,22,26)(H,23,27)(H,20,21,24). The molecule has 27 heavy (non-hydrogen) atoms. The lowest BCUT2D eigenvalue weighted by molar-refractivity contribution is -0.114. The number of carbonyl (C=O) groups excluding carboxylic acids is 2. The number of anilines is 3. The topological polar surface area (TPSA) is 99.2 Å². The fourth-order valence-corrected chi connectivity index (χ4v) is 2.43. The maximum atomic E-state index is 12.5. The lowest BCUT2D eigenvalue weighted by Gasteiger charge is -2.11. The average molecular weight is 370 g/mol. The van der Waals surface area contributed by atoms with E-state index in [4.69, 9.17) is 0 Å². The van der Waals surface area contributed by atoms with Crippen molar-refractivity contribution >= 4 is 29.1 Å². The highest BCUT2D eigenvalue weighted by Crippen LogP contribution is 2.16. The number of nitrogens with one attached hydrogen (secondary N) is 3. The number of aromatic nitrogens is 2. The minimum atomic E-state index is -0.336. The van der Waals surface area contributed by atoms with E-state index in [-0.39, 0.29) is 17.5 Å². The van der Waals surface area contributed by atoms with Crippen LogP contribution in [0.5, 0.6) is 0 Å². The molecule has 8 nitrogen and oxygen atoms in total. The van der Waals surface area contributed by atoms with Crippen molar-refractivity contribution in [2.75, 3.05) is 43.1 Å². The molecule has 3 N–H and O–H groups in total. The Morgan fingerprint density at radius 2 is 1.78 bits per heavy atom. The zero-order chi connectivity index (χ0) is 19.8. The highest BCUT2D eigenvalue weighted by Gasteiger charge is 2.11.